The Bertz CT molecular complexity index is 1110. The Balaban J connectivity index is 2.06. The molecule has 2 aromatic carbocycles. The number of ketones is 1. The summed E-state index contributed by atoms with van der Waals surface area (Å²) in [4.78, 5) is 24.6. The van der Waals surface area contributed by atoms with Crippen molar-refractivity contribution in [3.05, 3.63) is 83.0 Å². The molecule has 1 aliphatic carbocycles. The number of Topliss-reactive ketones (excluding diaryl/α,β-unsaturated/α-hetero) is 1. The number of carbonyl (C=O) groups excluding carboxylic acids is 2. The molecule has 3 rings (SSSR count). The van der Waals surface area contributed by atoms with Gasteiger partial charge in [0, 0.05) is 29.9 Å². The zero-order chi connectivity index (χ0) is 22.8. The first-order valence-corrected chi connectivity index (χ1v) is 10.5. The van der Waals surface area contributed by atoms with Gasteiger partial charge in [-0.2, -0.15) is 0 Å². The normalized spacial score (nSPS) is 21.7. The van der Waals surface area contributed by atoms with Crippen LogP contribution in [0, 0.1) is 5.41 Å². The Morgan fingerprint density at radius 1 is 1.16 bits per heavy atom. The third-order valence-corrected chi connectivity index (χ3v) is 6.38. The molecule has 4 heteroatoms. The molecule has 0 radical (unpaired) electrons. The van der Waals surface area contributed by atoms with Gasteiger partial charge in [0.15, 0.2) is 5.78 Å². The quantitative estimate of drug-likeness (QED) is 0.417. The van der Waals surface area contributed by atoms with Crippen molar-refractivity contribution in [2.45, 2.75) is 46.1 Å². The summed E-state index contributed by atoms with van der Waals surface area (Å²) in [7, 11) is 1.33. The lowest BCUT2D eigenvalue weighted by Gasteiger charge is -2.46. The molecule has 2 aromatic rings. The molecule has 0 amide bonds. The van der Waals surface area contributed by atoms with Crippen LogP contribution in [0.25, 0.3) is 10.8 Å². The highest BCUT2D eigenvalue weighted by molar-refractivity contribution is 5.99. The van der Waals surface area contributed by atoms with Gasteiger partial charge in [-0.05, 0) is 47.4 Å². The Labute approximate surface area is 183 Å². The van der Waals surface area contributed by atoms with Gasteiger partial charge in [-0.15, -0.1) is 0 Å². The highest BCUT2D eigenvalue weighted by Crippen LogP contribution is 2.47. The fourth-order valence-corrected chi connectivity index (χ4v) is 4.35. The van der Waals surface area contributed by atoms with Gasteiger partial charge in [-0.25, -0.2) is 4.79 Å². The van der Waals surface area contributed by atoms with E-state index < -0.39 is 17.0 Å². The van der Waals surface area contributed by atoms with Crippen molar-refractivity contribution in [2.24, 2.45) is 5.41 Å². The van der Waals surface area contributed by atoms with E-state index in [-0.39, 0.29) is 12.2 Å². The molecule has 1 aliphatic rings. The van der Waals surface area contributed by atoms with Crippen molar-refractivity contribution < 1.29 is 19.4 Å². The van der Waals surface area contributed by atoms with Crippen LogP contribution in [0.15, 0.2) is 77.4 Å². The van der Waals surface area contributed by atoms with Gasteiger partial charge in [0.2, 0.25) is 0 Å². The van der Waals surface area contributed by atoms with Gasteiger partial charge < -0.3 is 9.84 Å². The Morgan fingerprint density at radius 2 is 1.84 bits per heavy atom. The second-order valence-corrected chi connectivity index (χ2v) is 8.91. The van der Waals surface area contributed by atoms with Crippen LogP contribution in [0.3, 0.4) is 0 Å². The predicted octanol–water partition coefficient (Wildman–Crippen LogP) is 5.10. The average molecular weight is 419 g/mol. The van der Waals surface area contributed by atoms with E-state index in [1.54, 1.807) is 19.1 Å². The van der Waals surface area contributed by atoms with Gasteiger partial charge in [0.1, 0.15) is 5.60 Å². The van der Waals surface area contributed by atoms with Crippen LogP contribution in [0.4, 0.5) is 0 Å². The molecule has 0 bridgehead atoms. The first-order chi connectivity index (χ1) is 14.6. The van der Waals surface area contributed by atoms with E-state index in [2.05, 4.69) is 22.9 Å². The SMILES string of the molecule is COC(=O)C=C(C)C=C[C@@]1(O)C(C)=C(Cc2cccc3ccccc23)C(=O)CC1(C)C. The summed E-state index contributed by atoms with van der Waals surface area (Å²) >= 11 is 0. The largest absolute Gasteiger partial charge is 0.466 e. The smallest absolute Gasteiger partial charge is 0.330 e. The maximum atomic E-state index is 13.1. The molecule has 0 saturated carbocycles. The van der Waals surface area contributed by atoms with Crippen LogP contribution < -0.4 is 0 Å². The van der Waals surface area contributed by atoms with Crippen molar-refractivity contribution in [1.29, 1.82) is 0 Å². The minimum Gasteiger partial charge on any atom is -0.466 e. The first-order valence-electron chi connectivity index (χ1n) is 10.5. The number of carbonyl (C=O) groups is 2. The number of fused-ring (bicyclic) bond motifs is 1. The molecule has 0 heterocycles. The number of rotatable bonds is 5. The molecule has 0 fully saturated rings. The summed E-state index contributed by atoms with van der Waals surface area (Å²) in [6.45, 7) is 7.40. The maximum absolute atomic E-state index is 13.1. The number of methoxy groups -OCH3 is 1. The van der Waals surface area contributed by atoms with Gasteiger partial charge in [-0.3, -0.25) is 4.79 Å². The Morgan fingerprint density at radius 3 is 2.55 bits per heavy atom. The highest BCUT2D eigenvalue weighted by Gasteiger charge is 2.49. The molecule has 0 spiro atoms. The zero-order valence-electron chi connectivity index (χ0n) is 18.9. The van der Waals surface area contributed by atoms with Crippen LogP contribution in [0.2, 0.25) is 0 Å². The number of esters is 1. The van der Waals surface area contributed by atoms with Crippen LogP contribution in [-0.2, 0) is 20.7 Å². The van der Waals surface area contributed by atoms with Gasteiger partial charge in [0.05, 0.1) is 7.11 Å². The minimum atomic E-state index is -1.31. The molecule has 0 saturated heterocycles. The molecule has 0 aromatic heterocycles. The summed E-state index contributed by atoms with van der Waals surface area (Å²) in [5.41, 5.74) is 1.04. The van der Waals surface area contributed by atoms with E-state index in [9.17, 15) is 14.7 Å². The van der Waals surface area contributed by atoms with E-state index in [0.29, 0.717) is 23.1 Å². The first kappa shape index (κ1) is 22.7. The maximum Gasteiger partial charge on any atom is 0.330 e. The molecule has 0 unspecified atom stereocenters. The molecule has 1 atom stereocenters. The lowest BCUT2D eigenvalue weighted by molar-refractivity contribution is -0.134. The third kappa shape index (κ3) is 4.40. The van der Waals surface area contributed by atoms with Crippen molar-refractivity contribution in [2.75, 3.05) is 7.11 Å². The number of hydrogen-bond donors (Lipinski definition) is 1. The van der Waals surface area contributed by atoms with Crippen molar-refractivity contribution in [3.63, 3.8) is 0 Å². The van der Waals surface area contributed by atoms with E-state index in [1.807, 2.05) is 45.0 Å². The Hall–Kier alpha value is -2.98. The number of aliphatic hydroxyl groups is 1. The lowest BCUT2D eigenvalue weighted by atomic mass is 9.62. The molecule has 1 N–H and O–H groups in total. The topological polar surface area (TPSA) is 63.6 Å². The van der Waals surface area contributed by atoms with Crippen LogP contribution >= 0.6 is 0 Å². The Kier molecular flexibility index (Phi) is 6.33. The van der Waals surface area contributed by atoms with Crippen LogP contribution in [0.5, 0.6) is 0 Å². The second-order valence-electron chi connectivity index (χ2n) is 8.91. The van der Waals surface area contributed by atoms with Crippen molar-refractivity contribution >= 4 is 22.5 Å². The van der Waals surface area contributed by atoms with Crippen molar-refractivity contribution in [3.8, 4) is 0 Å². The van der Waals surface area contributed by atoms with Gasteiger partial charge in [0.25, 0.3) is 0 Å². The van der Waals surface area contributed by atoms with Crippen LogP contribution in [0.1, 0.15) is 39.7 Å². The highest BCUT2D eigenvalue weighted by atomic mass is 16.5. The molecular formula is C27H30O4. The fourth-order valence-electron chi connectivity index (χ4n) is 4.35. The number of hydrogen-bond acceptors (Lipinski definition) is 4. The summed E-state index contributed by atoms with van der Waals surface area (Å²) < 4.78 is 4.67. The summed E-state index contributed by atoms with van der Waals surface area (Å²) in [6.07, 6.45) is 5.50. The van der Waals surface area contributed by atoms with E-state index in [4.69, 9.17) is 0 Å². The lowest BCUT2D eigenvalue weighted by Crippen LogP contribution is -2.49. The van der Waals surface area contributed by atoms with Crippen molar-refractivity contribution in [1.82, 2.24) is 0 Å². The predicted molar refractivity (Wildman–Crippen MR) is 124 cm³/mol. The summed E-state index contributed by atoms with van der Waals surface area (Å²) in [6, 6.07) is 14.2. The molecular weight excluding hydrogens is 388 g/mol. The van der Waals surface area contributed by atoms with E-state index in [0.717, 1.165) is 16.3 Å². The zero-order valence-corrected chi connectivity index (χ0v) is 18.9. The average Bonchev–Trinajstić information content (AvgIpc) is 2.73. The molecule has 162 valence electrons. The minimum absolute atomic E-state index is 0.0651. The number of benzene rings is 2. The van der Waals surface area contributed by atoms with E-state index in [1.165, 1.54) is 13.2 Å². The third-order valence-electron chi connectivity index (χ3n) is 6.38. The number of ether oxygens (including phenoxy) is 1. The monoisotopic (exact) mass is 418 g/mol. The van der Waals surface area contributed by atoms with Gasteiger partial charge in [-0.1, -0.05) is 62.4 Å². The summed E-state index contributed by atoms with van der Waals surface area (Å²) in [5, 5.41) is 14.0. The fraction of sp³-hybridized carbons (Fsp3) is 0.333. The van der Waals surface area contributed by atoms with Crippen LogP contribution in [-0.4, -0.2) is 29.6 Å². The second kappa shape index (κ2) is 8.64. The molecule has 4 nitrogen and oxygen atoms in total. The molecule has 0 aliphatic heterocycles. The standard InChI is InChI=1S/C27H30O4/c1-18(15-25(29)31-5)13-14-27(30)19(2)23(24(28)17-26(27,3)4)16-21-11-8-10-20-9-6-7-12-22(20)21/h6-15,30H,16-17H2,1-5H3/t27-/m1/s1. The molecule has 31 heavy (non-hydrogen) atoms. The van der Waals surface area contributed by atoms with E-state index >= 15 is 0 Å². The summed E-state index contributed by atoms with van der Waals surface area (Å²) in [5.74, 6) is -0.383. The van der Waals surface area contributed by atoms with Gasteiger partial charge >= 0.3 is 5.97 Å². The number of allylic oxidation sites excluding steroid dienone is 3.